The Morgan fingerprint density at radius 2 is 1.76 bits per heavy atom. The molecule has 1 aliphatic rings. The van der Waals surface area contributed by atoms with Crippen LogP contribution >= 0.6 is 0 Å². The monoisotopic (exact) mass is 236 g/mol. The summed E-state index contributed by atoms with van der Waals surface area (Å²) in [5.74, 6) is 1.47. The first kappa shape index (κ1) is 14.8. The van der Waals surface area contributed by atoms with Crippen molar-refractivity contribution in [3.63, 3.8) is 0 Å². The molecule has 0 radical (unpaired) electrons. The standard InChI is InChI=1S/C17H32/c1-8-10-15-13(2)16(4,5)11-9-12-17(6,7)14(15)3/h14-15H,2,8-12H2,1,3-7H3/t14-,15?/m1/s1. The molecule has 0 bridgehead atoms. The van der Waals surface area contributed by atoms with E-state index in [0.29, 0.717) is 16.7 Å². The smallest absolute Gasteiger partial charge is 0.0144 e. The zero-order valence-corrected chi connectivity index (χ0v) is 12.9. The van der Waals surface area contributed by atoms with Gasteiger partial charge in [-0.25, -0.2) is 0 Å². The lowest BCUT2D eigenvalue weighted by atomic mass is 9.60. The van der Waals surface area contributed by atoms with Crippen LogP contribution in [0.1, 0.15) is 73.6 Å². The number of hydrogen-bond donors (Lipinski definition) is 0. The van der Waals surface area contributed by atoms with Crippen molar-refractivity contribution in [2.45, 2.75) is 73.6 Å². The Morgan fingerprint density at radius 3 is 2.29 bits per heavy atom. The highest BCUT2D eigenvalue weighted by Crippen LogP contribution is 2.49. The predicted octanol–water partition coefficient (Wildman–Crippen LogP) is 5.83. The van der Waals surface area contributed by atoms with E-state index in [4.69, 9.17) is 0 Å². The largest absolute Gasteiger partial charge is 0.0990 e. The molecule has 0 N–H and O–H groups in total. The summed E-state index contributed by atoms with van der Waals surface area (Å²) < 4.78 is 0. The third kappa shape index (κ3) is 3.14. The van der Waals surface area contributed by atoms with E-state index in [1.807, 2.05) is 0 Å². The van der Waals surface area contributed by atoms with Gasteiger partial charge in [0.15, 0.2) is 0 Å². The minimum atomic E-state index is 0.338. The lowest BCUT2D eigenvalue weighted by molar-refractivity contribution is 0.112. The highest BCUT2D eigenvalue weighted by Gasteiger charge is 2.39. The first-order valence-corrected chi connectivity index (χ1v) is 7.41. The molecule has 0 aromatic heterocycles. The van der Waals surface area contributed by atoms with Crippen molar-refractivity contribution in [2.24, 2.45) is 22.7 Å². The molecule has 0 heteroatoms. The zero-order valence-electron chi connectivity index (χ0n) is 12.9. The number of rotatable bonds is 2. The molecule has 1 saturated carbocycles. The molecule has 0 aromatic carbocycles. The Bertz CT molecular complexity index is 270. The summed E-state index contributed by atoms with van der Waals surface area (Å²) in [7, 11) is 0. The zero-order chi connectivity index (χ0) is 13.3. The maximum atomic E-state index is 4.48. The van der Waals surface area contributed by atoms with Crippen molar-refractivity contribution in [3.8, 4) is 0 Å². The summed E-state index contributed by atoms with van der Waals surface area (Å²) in [6.07, 6.45) is 6.61. The molecule has 17 heavy (non-hydrogen) atoms. The SMILES string of the molecule is C=C1C(CCC)[C@@H](C)C(C)(C)CCCC1(C)C. The summed E-state index contributed by atoms with van der Waals surface area (Å²) in [6.45, 7) is 18.9. The Kier molecular flexibility index (Phi) is 4.49. The Hall–Kier alpha value is -0.260. The van der Waals surface area contributed by atoms with Crippen LogP contribution in [0.2, 0.25) is 0 Å². The van der Waals surface area contributed by atoms with Gasteiger partial charge in [-0.1, -0.05) is 66.5 Å². The van der Waals surface area contributed by atoms with E-state index in [1.165, 1.54) is 37.7 Å². The molecule has 1 aliphatic carbocycles. The van der Waals surface area contributed by atoms with E-state index >= 15 is 0 Å². The number of allylic oxidation sites excluding steroid dienone is 1. The van der Waals surface area contributed by atoms with Crippen LogP contribution in [0.15, 0.2) is 12.2 Å². The minimum absolute atomic E-state index is 0.338. The van der Waals surface area contributed by atoms with Crippen molar-refractivity contribution >= 4 is 0 Å². The summed E-state index contributed by atoms with van der Waals surface area (Å²) in [5.41, 5.74) is 2.32. The molecule has 1 rings (SSSR count). The first-order chi connectivity index (χ1) is 7.72. The lowest BCUT2D eigenvalue weighted by Gasteiger charge is -2.45. The molecule has 0 aliphatic heterocycles. The number of hydrogen-bond acceptors (Lipinski definition) is 0. The van der Waals surface area contributed by atoms with Crippen LogP contribution < -0.4 is 0 Å². The Labute approximate surface area is 109 Å². The topological polar surface area (TPSA) is 0 Å². The average Bonchev–Trinajstić information content (AvgIpc) is 2.22. The van der Waals surface area contributed by atoms with Crippen LogP contribution in [-0.2, 0) is 0 Å². The van der Waals surface area contributed by atoms with Crippen molar-refractivity contribution in [2.75, 3.05) is 0 Å². The molecule has 100 valence electrons. The van der Waals surface area contributed by atoms with Crippen molar-refractivity contribution in [3.05, 3.63) is 12.2 Å². The van der Waals surface area contributed by atoms with E-state index in [0.717, 1.165) is 5.92 Å². The van der Waals surface area contributed by atoms with Gasteiger partial charge in [0, 0.05) is 0 Å². The third-order valence-corrected chi connectivity index (χ3v) is 5.38. The second-order valence-electron chi connectivity index (χ2n) is 7.44. The molecular formula is C17H32. The quantitative estimate of drug-likeness (QED) is 0.529. The molecule has 0 heterocycles. The molecule has 0 nitrogen and oxygen atoms in total. The summed E-state index contributed by atoms with van der Waals surface area (Å²) in [5, 5.41) is 0. The van der Waals surface area contributed by atoms with Crippen molar-refractivity contribution in [1.82, 2.24) is 0 Å². The van der Waals surface area contributed by atoms with Crippen LogP contribution in [0.3, 0.4) is 0 Å². The maximum absolute atomic E-state index is 4.48. The minimum Gasteiger partial charge on any atom is -0.0990 e. The molecular weight excluding hydrogens is 204 g/mol. The van der Waals surface area contributed by atoms with Gasteiger partial charge >= 0.3 is 0 Å². The van der Waals surface area contributed by atoms with Crippen LogP contribution in [0.4, 0.5) is 0 Å². The molecule has 0 saturated heterocycles. The molecule has 1 fully saturated rings. The summed E-state index contributed by atoms with van der Waals surface area (Å²) >= 11 is 0. The van der Waals surface area contributed by atoms with Gasteiger partial charge in [0.05, 0.1) is 0 Å². The van der Waals surface area contributed by atoms with Gasteiger partial charge in [-0.2, -0.15) is 0 Å². The Balaban J connectivity index is 3.01. The maximum Gasteiger partial charge on any atom is -0.0144 e. The predicted molar refractivity (Wildman–Crippen MR) is 78.1 cm³/mol. The fraction of sp³-hybridized carbons (Fsp3) is 0.882. The van der Waals surface area contributed by atoms with Gasteiger partial charge in [-0.15, -0.1) is 0 Å². The van der Waals surface area contributed by atoms with E-state index < -0.39 is 0 Å². The van der Waals surface area contributed by atoms with Crippen LogP contribution in [0.25, 0.3) is 0 Å². The summed E-state index contributed by atoms with van der Waals surface area (Å²) in [4.78, 5) is 0. The fourth-order valence-electron chi connectivity index (χ4n) is 3.46. The van der Waals surface area contributed by atoms with Crippen LogP contribution in [0.5, 0.6) is 0 Å². The molecule has 0 spiro atoms. The van der Waals surface area contributed by atoms with Crippen LogP contribution in [0, 0.1) is 22.7 Å². The highest BCUT2D eigenvalue weighted by atomic mass is 14.4. The second-order valence-corrected chi connectivity index (χ2v) is 7.44. The fourth-order valence-corrected chi connectivity index (χ4v) is 3.46. The van der Waals surface area contributed by atoms with Crippen LogP contribution in [-0.4, -0.2) is 0 Å². The van der Waals surface area contributed by atoms with Crippen molar-refractivity contribution in [1.29, 1.82) is 0 Å². The molecule has 0 aromatic rings. The van der Waals surface area contributed by atoms with E-state index in [-0.39, 0.29) is 0 Å². The highest BCUT2D eigenvalue weighted by molar-refractivity contribution is 5.14. The molecule has 0 amide bonds. The van der Waals surface area contributed by atoms with E-state index in [9.17, 15) is 0 Å². The van der Waals surface area contributed by atoms with Gasteiger partial charge in [-0.05, 0) is 41.9 Å². The summed E-state index contributed by atoms with van der Waals surface area (Å²) in [6, 6.07) is 0. The molecule has 2 atom stereocenters. The van der Waals surface area contributed by atoms with Gasteiger partial charge in [-0.3, -0.25) is 0 Å². The van der Waals surface area contributed by atoms with Gasteiger partial charge in [0.1, 0.15) is 0 Å². The lowest BCUT2D eigenvalue weighted by Crippen LogP contribution is -2.35. The van der Waals surface area contributed by atoms with Gasteiger partial charge in [0.2, 0.25) is 0 Å². The Morgan fingerprint density at radius 1 is 1.18 bits per heavy atom. The van der Waals surface area contributed by atoms with E-state index in [2.05, 4.69) is 48.1 Å². The second kappa shape index (κ2) is 5.16. The van der Waals surface area contributed by atoms with E-state index in [1.54, 1.807) is 0 Å². The molecule has 1 unspecified atom stereocenters. The normalized spacial score (nSPS) is 32.9. The first-order valence-electron chi connectivity index (χ1n) is 7.41. The third-order valence-electron chi connectivity index (χ3n) is 5.38. The van der Waals surface area contributed by atoms with Gasteiger partial charge < -0.3 is 0 Å². The van der Waals surface area contributed by atoms with Crippen molar-refractivity contribution < 1.29 is 0 Å². The van der Waals surface area contributed by atoms with Gasteiger partial charge in [0.25, 0.3) is 0 Å². The average molecular weight is 236 g/mol.